The number of nitrogens with one attached hydrogen (secondary N) is 2. The van der Waals surface area contributed by atoms with Gasteiger partial charge in [0.2, 0.25) is 0 Å². The maximum atomic E-state index is 12.2. The van der Waals surface area contributed by atoms with Crippen LogP contribution in [0.1, 0.15) is 10.4 Å². The van der Waals surface area contributed by atoms with E-state index in [4.69, 9.17) is 0 Å². The zero-order valence-electron chi connectivity index (χ0n) is 10.9. The molecule has 1 aliphatic heterocycles. The number of carbonyl (C=O) groups excluding carboxylic acids is 1. The van der Waals surface area contributed by atoms with Crippen molar-refractivity contribution in [3.63, 3.8) is 0 Å². The first-order chi connectivity index (χ1) is 9.22. The van der Waals surface area contributed by atoms with Crippen LogP contribution in [0.15, 0.2) is 24.4 Å². The van der Waals surface area contributed by atoms with Gasteiger partial charge in [-0.3, -0.25) is 15.3 Å². The van der Waals surface area contributed by atoms with Crippen LogP contribution in [0.2, 0.25) is 0 Å². The Bertz CT molecular complexity index is 585. The number of aromatic amines is 1. The summed E-state index contributed by atoms with van der Waals surface area (Å²) >= 11 is 0. The molecule has 2 heterocycles. The number of likely N-dealkylation sites (N-methyl/N-ethyl adjacent to an activating group) is 1. The number of piperazine rings is 1. The Kier molecular flexibility index (Phi) is 3.18. The normalized spacial score (nSPS) is 17.7. The van der Waals surface area contributed by atoms with E-state index in [1.54, 1.807) is 6.20 Å². The maximum absolute atomic E-state index is 12.2. The van der Waals surface area contributed by atoms with E-state index >= 15 is 0 Å². The molecule has 0 aliphatic carbocycles. The van der Waals surface area contributed by atoms with Gasteiger partial charge in [-0.15, -0.1) is 0 Å². The Balaban J connectivity index is 1.69. The number of benzene rings is 1. The summed E-state index contributed by atoms with van der Waals surface area (Å²) in [7, 11) is 2.09. The van der Waals surface area contributed by atoms with Crippen LogP contribution in [0.25, 0.3) is 10.9 Å². The molecule has 0 bridgehead atoms. The quantitative estimate of drug-likeness (QED) is 0.822. The summed E-state index contributed by atoms with van der Waals surface area (Å²) in [6.07, 6.45) is 1.72. The van der Waals surface area contributed by atoms with Gasteiger partial charge in [-0.2, -0.15) is 5.10 Å². The van der Waals surface area contributed by atoms with Gasteiger partial charge < -0.3 is 4.90 Å². The van der Waals surface area contributed by atoms with Crippen molar-refractivity contribution < 1.29 is 4.79 Å². The number of amides is 1. The van der Waals surface area contributed by atoms with Gasteiger partial charge in [0.05, 0.1) is 11.7 Å². The first-order valence-electron chi connectivity index (χ1n) is 6.40. The molecule has 3 rings (SSSR count). The first-order valence-corrected chi connectivity index (χ1v) is 6.40. The Labute approximate surface area is 111 Å². The third kappa shape index (κ3) is 2.59. The standard InChI is InChI=1S/C13H17N5O/c1-17-4-6-18(7-5-17)16-13(19)10-2-3-12-11(8-10)9-14-15-12/h2-3,8-9H,4-7H2,1H3,(H,14,15)(H,16,19). The predicted octanol–water partition coefficient (Wildman–Crippen LogP) is 0.455. The fraction of sp³-hybridized carbons (Fsp3) is 0.385. The summed E-state index contributed by atoms with van der Waals surface area (Å²) in [5.74, 6) is -0.0624. The van der Waals surface area contributed by atoms with Gasteiger partial charge in [-0.1, -0.05) is 0 Å². The largest absolute Gasteiger partial charge is 0.304 e. The van der Waals surface area contributed by atoms with E-state index in [0.717, 1.165) is 37.1 Å². The molecular weight excluding hydrogens is 242 g/mol. The molecule has 19 heavy (non-hydrogen) atoms. The minimum absolute atomic E-state index is 0.0624. The van der Waals surface area contributed by atoms with Crippen LogP contribution in [0, 0.1) is 0 Å². The number of nitrogens with zero attached hydrogens (tertiary/aromatic N) is 3. The van der Waals surface area contributed by atoms with Crippen molar-refractivity contribution in [3.05, 3.63) is 30.0 Å². The topological polar surface area (TPSA) is 64.3 Å². The molecule has 1 aromatic heterocycles. The lowest BCUT2D eigenvalue weighted by Crippen LogP contribution is -2.52. The van der Waals surface area contributed by atoms with E-state index in [1.807, 2.05) is 23.2 Å². The van der Waals surface area contributed by atoms with Crippen LogP contribution in [-0.2, 0) is 0 Å². The second-order valence-electron chi connectivity index (χ2n) is 4.90. The van der Waals surface area contributed by atoms with Gasteiger partial charge in [0, 0.05) is 37.1 Å². The third-order valence-corrected chi connectivity index (χ3v) is 3.47. The SMILES string of the molecule is CN1CCN(NC(=O)c2ccc3[nH]ncc3c2)CC1. The highest BCUT2D eigenvalue weighted by atomic mass is 16.2. The number of carbonyl (C=O) groups is 1. The number of H-pyrrole nitrogens is 1. The molecule has 0 atom stereocenters. The highest BCUT2D eigenvalue weighted by molar-refractivity contribution is 5.97. The molecule has 2 N–H and O–H groups in total. The summed E-state index contributed by atoms with van der Waals surface area (Å²) in [4.78, 5) is 14.4. The van der Waals surface area contributed by atoms with Crippen LogP contribution in [-0.4, -0.2) is 59.2 Å². The average Bonchev–Trinajstić information content (AvgIpc) is 2.88. The Hall–Kier alpha value is -1.92. The van der Waals surface area contributed by atoms with Gasteiger partial charge in [0.1, 0.15) is 0 Å². The van der Waals surface area contributed by atoms with Crippen molar-refractivity contribution in [2.75, 3.05) is 33.2 Å². The van der Waals surface area contributed by atoms with Gasteiger partial charge in [-0.05, 0) is 25.2 Å². The fourth-order valence-corrected chi connectivity index (χ4v) is 2.21. The van der Waals surface area contributed by atoms with Crippen LogP contribution < -0.4 is 5.43 Å². The molecule has 0 spiro atoms. The molecule has 1 aliphatic rings. The molecule has 1 amide bonds. The molecule has 1 fully saturated rings. The highest BCUT2D eigenvalue weighted by Gasteiger charge is 2.16. The van der Waals surface area contributed by atoms with E-state index in [0.29, 0.717) is 5.56 Å². The number of hydrogen-bond acceptors (Lipinski definition) is 4. The molecular formula is C13H17N5O. The first kappa shape index (κ1) is 12.1. The lowest BCUT2D eigenvalue weighted by molar-refractivity contribution is 0.0662. The molecule has 100 valence electrons. The number of hydrogen-bond donors (Lipinski definition) is 2. The monoisotopic (exact) mass is 259 g/mol. The van der Waals surface area contributed by atoms with Crippen LogP contribution in [0.5, 0.6) is 0 Å². The Morgan fingerprint density at radius 3 is 2.89 bits per heavy atom. The Morgan fingerprint density at radius 2 is 2.11 bits per heavy atom. The predicted molar refractivity (Wildman–Crippen MR) is 72.6 cm³/mol. The smallest absolute Gasteiger partial charge is 0.265 e. The third-order valence-electron chi connectivity index (χ3n) is 3.47. The molecule has 2 aromatic rings. The van der Waals surface area contributed by atoms with Gasteiger partial charge in [0.15, 0.2) is 0 Å². The minimum Gasteiger partial charge on any atom is -0.304 e. The fourth-order valence-electron chi connectivity index (χ4n) is 2.21. The summed E-state index contributed by atoms with van der Waals surface area (Å²) in [5, 5.41) is 9.75. The van der Waals surface area contributed by atoms with Crippen molar-refractivity contribution in [2.45, 2.75) is 0 Å². The number of hydrazine groups is 1. The van der Waals surface area contributed by atoms with Crippen molar-refractivity contribution in [1.29, 1.82) is 0 Å². The zero-order valence-corrected chi connectivity index (χ0v) is 10.9. The molecule has 1 saturated heterocycles. The number of fused-ring (bicyclic) bond motifs is 1. The molecule has 0 saturated carbocycles. The second-order valence-corrected chi connectivity index (χ2v) is 4.90. The Morgan fingerprint density at radius 1 is 1.32 bits per heavy atom. The highest BCUT2D eigenvalue weighted by Crippen LogP contribution is 2.13. The van der Waals surface area contributed by atoms with Gasteiger partial charge in [0.25, 0.3) is 5.91 Å². The minimum atomic E-state index is -0.0624. The van der Waals surface area contributed by atoms with E-state index in [9.17, 15) is 4.79 Å². The summed E-state index contributed by atoms with van der Waals surface area (Å²) in [6, 6.07) is 5.54. The zero-order chi connectivity index (χ0) is 13.2. The van der Waals surface area contributed by atoms with Gasteiger partial charge in [-0.25, -0.2) is 5.01 Å². The number of rotatable bonds is 2. The van der Waals surface area contributed by atoms with Crippen molar-refractivity contribution >= 4 is 16.8 Å². The molecule has 6 nitrogen and oxygen atoms in total. The van der Waals surface area contributed by atoms with Crippen molar-refractivity contribution in [3.8, 4) is 0 Å². The average molecular weight is 259 g/mol. The number of aromatic nitrogens is 2. The lowest BCUT2D eigenvalue weighted by atomic mass is 10.1. The van der Waals surface area contributed by atoms with Crippen molar-refractivity contribution in [2.24, 2.45) is 0 Å². The molecule has 6 heteroatoms. The maximum Gasteiger partial charge on any atom is 0.265 e. The van der Waals surface area contributed by atoms with Crippen LogP contribution in [0.3, 0.4) is 0 Å². The van der Waals surface area contributed by atoms with E-state index < -0.39 is 0 Å². The summed E-state index contributed by atoms with van der Waals surface area (Å²) in [6.45, 7) is 3.66. The molecule has 0 radical (unpaired) electrons. The van der Waals surface area contributed by atoms with Crippen molar-refractivity contribution in [1.82, 2.24) is 25.5 Å². The molecule has 0 unspecified atom stereocenters. The van der Waals surface area contributed by atoms with E-state index in [-0.39, 0.29) is 5.91 Å². The molecule has 1 aromatic carbocycles. The van der Waals surface area contributed by atoms with Crippen LogP contribution >= 0.6 is 0 Å². The summed E-state index contributed by atoms with van der Waals surface area (Å²) in [5.41, 5.74) is 4.55. The second kappa shape index (κ2) is 4.99. The summed E-state index contributed by atoms with van der Waals surface area (Å²) < 4.78 is 0. The van der Waals surface area contributed by atoms with Crippen LogP contribution in [0.4, 0.5) is 0 Å². The van der Waals surface area contributed by atoms with Gasteiger partial charge >= 0.3 is 0 Å². The van der Waals surface area contributed by atoms with E-state index in [2.05, 4.69) is 27.6 Å². The lowest BCUT2D eigenvalue weighted by Gasteiger charge is -2.32. The van der Waals surface area contributed by atoms with E-state index in [1.165, 1.54) is 0 Å².